The van der Waals surface area contributed by atoms with Gasteiger partial charge in [-0.1, -0.05) is 40.2 Å². The van der Waals surface area contributed by atoms with Crippen molar-refractivity contribution in [3.63, 3.8) is 0 Å². The first kappa shape index (κ1) is 12.6. The maximum atomic E-state index is 13.0. The number of rotatable bonds is 3. The van der Waals surface area contributed by atoms with Gasteiger partial charge in [0.05, 0.1) is 5.38 Å². The third-order valence-corrected chi connectivity index (χ3v) is 3.41. The lowest BCUT2D eigenvalue weighted by Gasteiger charge is -2.10. The Kier molecular flexibility index (Phi) is 4.19. The molecule has 0 N–H and O–H groups in total. The van der Waals surface area contributed by atoms with Gasteiger partial charge in [-0.25, -0.2) is 4.39 Å². The van der Waals surface area contributed by atoms with Crippen molar-refractivity contribution < 1.29 is 4.39 Å². The fraction of sp³-hybridized carbons (Fsp3) is 0.143. The van der Waals surface area contributed by atoms with Crippen LogP contribution in [0.1, 0.15) is 16.5 Å². The Bertz CT molecular complexity index is 513. The lowest BCUT2D eigenvalue weighted by molar-refractivity contribution is 0.625. The zero-order chi connectivity index (χ0) is 12.3. The van der Waals surface area contributed by atoms with Gasteiger partial charge in [0.2, 0.25) is 0 Å². The maximum Gasteiger partial charge on any atom is 0.123 e. The van der Waals surface area contributed by atoms with E-state index in [1.54, 1.807) is 6.07 Å². The molecule has 2 aromatic carbocycles. The summed E-state index contributed by atoms with van der Waals surface area (Å²) in [7, 11) is 0. The highest BCUT2D eigenvalue weighted by Crippen LogP contribution is 2.27. The molecule has 0 radical (unpaired) electrons. The van der Waals surface area contributed by atoms with E-state index in [-0.39, 0.29) is 11.2 Å². The summed E-state index contributed by atoms with van der Waals surface area (Å²) in [6, 6.07) is 14.4. The third kappa shape index (κ3) is 3.55. The van der Waals surface area contributed by atoms with Crippen molar-refractivity contribution in [1.29, 1.82) is 0 Å². The highest BCUT2D eigenvalue weighted by Gasteiger charge is 2.09. The smallest absolute Gasteiger partial charge is 0.123 e. The van der Waals surface area contributed by atoms with Gasteiger partial charge in [0, 0.05) is 4.47 Å². The Balaban J connectivity index is 2.14. The molecule has 2 aromatic rings. The van der Waals surface area contributed by atoms with Crippen molar-refractivity contribution in [3.05, 3.63) is 69.9 Å². The molecule has 0 fully saturated rings. The molecule has 1 atom stereocenters. The van der Waals surface area contributed by atoms with Crippen LogP contribution in [0.3, 0.4) is 0 Å². The normalized spacial score (nSPS) is 12.4. The average molecular weight is 314 g/mol. The topological polar surface area (TPSA) is 0 Å². The molecule has 1 unspecified atom stereocenters. The summed E-state index contributed by atoms with van der Waals surface area (Å²) in [6.07, 6.45) is 0.621. The monoisotopic (exact) mass is 312 g/mol. The van der Waals surface area contributed by atoms with Crippen LogP contribution in [-0.2, 0) is 6.42 Å². The summed E-state index contributed by atoms with van der Waals surface area (Å²) >= 11 is 9.73. The van der Waals surface area contributed by atoms with E-state index < -0.39 is 0 Å². The molecule has 0 heterocycles. The minimum atomic E-state index is -0.222. The Morgan fingerprint density at radius 1 is 1.12 bits per heavy atom. The quantitative estimate of drug-likeness (QED) is 0.691. The molecule has 0 nitrogen and oxygen atoms in total. The molecule has 0 saturated carbocycles. The fourth-order valence-corrected chi connectivity index (χ4v) is 2.42. The molecular formula is C14H11BrClF. The molecule has 0 bridgehead atoms. The van der Waals surface area contributed by atoms with E-state index in [4.69, 9.17) is 11.6 Å². The van der Waals surface area contributed by atoms with Crippen LogP contribution < -0.4 is 0 Å². The largest absolute Gasteiger partial charge is 0.207 e. The lowest BCUT2D eigenvalue weighted by Crippen LogP contribution is -1.96. The van der Waals surface area contributed by atoms with Crippen LogP contribution in [0.25, 0.3) is 0 Å². The molecular weight excluding hydrogens is 303 g/mol. The van der Waals surface area contributed by atoms with Crippen molar-refractivity contribution in [3.8, 4) is 0 Å². The van der Waals surface area contributed by atoms with E-state index in [0.717, 1.165) is 15.6 Å². The number of hydrogen-bond donors (Lipinski definition) is 0. The zero-order valence-corrected chi connectivity index (χ0v) is 11.4. The van der Waals surface area contributed by atoms with E-state index in [0.29, 0.717) is 6.42 Å². The van der Waals surface area contributed by atoms with Gasteiger partial charge in [-0.3, -0.25) is 0 Å². The van der Waals surface area contributed by atoms with E-state index in [9.17, 15) is 4.39 Å². The highest BCUT2D eigenvalue weighted by molar-refractivity contribution is 9.10. The van der Waals surface area contributed by atoms with Gasteiger partial charge in [0.1, 0.15) is 5.82 Å². The average Bonchev–Trinajstić information content (AvgIpc) is 2.29. The number of alkyl halides is 1. The van der Waals surface area contributed by atoms with Crippen LogP contribution in [-0.4, -0.2) is 0 Å². The van der Waals surface area contributed by atoms with Crippen LogP contribution in [0.15, 0.2) is 53.0 Å². The van der Waals surface area contributed by atoms with Crippen LogP contribution in [0, 0.1) is 5.82 Å². The van der Waals surface area contributed by atoms with Gasteiger partial charge in [-0.05, 0) is 41.8 Å². The summed E-state index contributed by atoms with van der Waals surface area (Å²) in [5.74, 6) is -0.222. The summed E-state index contributed by atoms with van der Waals surface area (Å²) in [5, 5.41) is -0.144. The van der Waals surface area contributed by atoms with E-state index >= 15 is 0 Å². The summed E-state index contributed by atoms with van der Waals surface area (Å²) in [5.41, 5.74) is 1.94. The molecule has 0 aliphatic carbocycles. The number of halogens is 3. The summed E-state index contributed by atoms with van der Waals surface area (Å²) in [4.78, 5) is 0. The van der Waals surface area contributed by atoms with Gasteiger partial charge in [-0.15, -0.1) is 11.6 Å². The molecule has 0 spiro atoms. The van der Waals surface area contributed by atoms with Crippen LogP contribution >= 0.6 is 27.5 Å². The second-order valence-electron chi connectivity index (χ2n) is 3.86. The number of hydrogen-bond acceptors (Lipinski definition) is 0. The molecule has 17 heavy (non-hydrogen) atoms. The highest BCUT2D eigenvalue weighted by atomic mass is 79.9. The predicted octanol–water partition coefficient (Wildman–Crippen LogP) is 5.11. The first-order valence-corrected chi connectivity index (χ1v) is 6.52. The summed E-state index contributed by atoms with van der Waals surface area (Å²) < 4.78 is 14.0. The molecule has 0 saturated heterocycles. The van der Waals surface area contributed by atoms with Gasteiger partial charge >= 0.3 is 0 Å². The first-order valence-electron chi connectivity index (χ1n) is 5.29. The van der Waals surface area contributed by atoms with Crippen molar-refractivity contribution in [2.75, 3.05) is 0 Å². The van der Waals surface area contributed by atoms with Crippen molar-refractivity contribution in [2.45, 2.75) is 11.8 Å². The van der Waals surface area contributed by atoms with E-state index in [2.05, 4.69) is 15.9 Å². The third-order valence-electron chi connectivity index (χ3n) is 2.51. The Morgan fingerprint density at radius 2 is 1.88 bits per heavy atom. The van der Waals surface area contributed by atoms with E-state index in [1.165, 1.54) is 12.1 Å². The second-order valence-corrected chi connectivity index (χ2v) is 5.30. The van der Waals surface area contributed by atoms with Crippen molar-refractivity contribution >= 4 is 27.5 Å². The molecule has 0 aliphatic heterocycles. The Hall–Kier alpha value is -0.860. The SMILES string of the molecule is Fc1cccc(CC(Cl)c2cccc(Br)c2)c1. The summed E-state index contributed by atoms with van der Waals surface area (Å²) in [6.45, 7) is 0. The fourth-order valence-electron chi connectivity index (χ4n) is 1.69. The zero-order valence-electron chi connectivity index (χ0n) is 9.04. The van der Waals surface area contributed by atoms with Gasteiger partial charge in [0.15, 0.2) is 0 Å². The number of benzene rings is 2. The molecule has 2 rings (SSSR count). The Labute approximate surface area is 114 Å². The molecule has 88 valence electrons. The maximum absolute atomic E-state index is 13.0. The standard InChI is InChI=1S/C14H11BrClF/c15-12-5-2-4-11(9-12)14(16)8-10-3-1-6-13(17)7-10/h1-7,9,14H,8H2. The van der Waals surface area contributed by atoms with Gasteiger partial charge in [0.25, 0.3) is 0 Å². The molecule has 3 heteroatoms. The predicted molar refractivity (Wildman–Crippen MR) is 72.8 cm³/mol. The van der Waals surface area contributed by atoms with Gasteiger partial charge < -0.3 is 0 Å². The Morgan fingerprint density at radius 3 is 2.59 bits per heavy atom. The molecule has 0 amide bonds. The minimum Gasteiger partial charge on any atom is -0.207 e. The lowest BCUT2D eigenvalue weighted by atomic mass is 10.0. The molecule has 0 aromatic heterocycles. The van der Waals surface area contributed by atoms with Crippen LogP contribution in [0.5, 0.6) is 0 Å². The van der Waals surface area contributed by atoms with Crippen LogP contribution in [0.2, 0.25) is 0 Å². The second kappa shape index (κ2) is 5.65. The van der Waals surface area contributed by atoms with Crippen molar-refractivity contribution in [2.24, 2.45) is 0 Å². The van der Waals surface area contributed by atoms with Crippen LogP contribution in [0.4, 0.5) is 4.39 Å². The molecule has 0 aliphatic rings. The van der Waals surface area contributed by atoms with Crippen molar-refractivity contribution in [1.82, 2.24) is 0 Å². The van der Waals surface area contributed by atoms with Gasteiger partial charge in [-0.2, -0.15) is 0 Å². The first-order chi connectivity index (χ1) is 8.15. The van der Waals surface area contributed by atoms with E-state index in [1.807, 2.05) is 30.3 Å². The minimum absolute atomic E-state index is 0.144.